The molecule has 0 heterocycles. The van der Waals surface area contributed by atoms with Crippen molar-refractivity contribution in [2.75, 3.05) is 46.8 Å². The molecule has 1 aliphatic rings. The van der Waals surface area contributed by atoms with Crippen LogP contribution in [0.2, 0.25) is 0 Å². The average Bonchev–Trinajstić information content (AvgIpc) is 3.09. The molecule has 1 N–H and O–H groups in total. The van der Waals surface area contributed by atoms with Crippen LogP contribution >= 0.6 is 0 Å². The largest absolute Gasteiger partial charge is 0.463 e. The zero-order chi connectivity index (χ0) is 26.1. The van der Waals surface area contributed by atoms with E-state index in [0.29, 0.717) is 12.8 Å². The molecule has 1 fully saturated rings. The van der Waals surface area contributed by atoms with Gasteiger partial charge in [-0.2, -0.15) is 0 Å². The van der Waals surface area contributed by atoms with Crippen LogP contribution in [-0.2, 0) is 33.3 Å². The molecule has 2 rings (SSSR count). The number of benzene rings is 1. The van der Waals surface area contributed by atoms with Crippen LogP contribution in [0.4, 0.5) is 0 Å². The van der Waals surface area contributed by atoms with Gasteiger partial charge in [-0.15, -0.1) is 0 Å². The lowest BCUT2D eigenvalue weighted by Crippen LogP contribution is -2.44. The molecule has 194 valence electrons. The van der Waals surface area contributed by atoms with Crippen LogP contribution < -0.4 is 0 Å². The van der Waals surface area contributed by atoms with E-state index in [2.05, 4.69) is 0 Å². The molecule has 35 heavy (non-hydrogen) atoms. The summed E-state index contributed by atoms with van der Waals surface area (Å²) in [4.78, 5) is 49.3. The first kappa shape index (κ1) is 28.3. The molecule has 0 aromatic heterocycles. The van der Waals surface area contributed by atoms with Crippen molar-refractivity contribution >= 4 is 23.9 Å². The van der Waals surface area contributed by atoms with Crippen LogP contribution in [0.3, 0.4) is 0 Å². The summed E-state index contributed by atoms with van der Waals surface area (Å²) in [6.07, 6.45) is 0.908. The smallest absolute Gasteiger partial charge is 0.338 e. The van der Waals surface area contributed by atoms with E-state index in [4.69, 9.17) is 28.8 Å². The fourth-order valence-electron chi connectivity index (χ4n) is 4.08. The van der Waals surface area contributed by atoms with Gasteiger partial charge in [-0.3, -0.25) is 9.59 Å². The van der Waals surface area contributed by atoms with Crippen LogP contribution in [0.5, 0.6) is 0 Å². The summed E-state index contributed by atoms with van der Waals surface area (Å²) in [6, 6.07) is 5.80. The number of carbonyl (C=O) groups excluding carboxylic acids is 4. The van der Waals surface area contributed by atoms with Gasteiger partial charge in [-0.05, 0) is 49.4 Å². The Balaban J connectivity index is 1.81. The van der Waals surface area contributed by atoms with Crippen LogP contribution in [0.25, 0.3) is 0 Å². The highest BCUT2D eigenvalue weighted by Gasteiger charge is 2.59. The average molecular weight is 495 g/mol. The lowest BCUT2D eigenvalue weighted by Gasteiger charge is -2.38. The number of rotatable bonds is 12. The number of aliphatic hydroxyl groups is 1. The van der Waals surface area contributed by atoms with E-state index < -0.39 is 40.6 Å². The number of ether oxygens (including phenoxy) is 5. The van der Waals surface area contributed by atoms with Crippen molar-refractivity contribution in [3.05, 3.63) is 35.4 Å². The number of hydrogen-bond donors (Lipinski definition) is 1. The molecule has 0 amide bonds. The van der Waals surface area contributed by atoms with Crippen molar-refractivity contribution in [3.63, 3.8) is 0 Å². The Hall–Kier alpha value is -2.98. The molecule has 10 nitrogen and oxygen atoms in total. The van der Waals surface area contributed by atoms with Gasteiger partial charge in [0.05, 0.1) is 35.7 Å². The second kappa shape index (κ2) is 12.6. The Morgan fingerprint density at radius 1 is 0.829 bits per heavy atom. The van der Waals surface area contributed by atoms with Gasteiger partial charge in [-0.25, -0.2) is 9.59 Å². The molecule has 1 aromatic rings. The highest BCUT2D eigenvalue weighted by atomic mass is 16.6. The molecule has 0 aliphatic heterocycles. The highest BCUT2D eigenvalue weighted by molar-refractivity contribution is 5.93. The number of carbonyl (C=O) groups is 4. The second-order valence-electron chi connectivity index (χ2n) is 9.01. The summed E-state index contributed by atoms with van der Waals surface area (Å²) in [5.41, 5.74) is -1.09. The van der Waals surface area contributed by atoms with Crippen molar-refractivity contribution in [2.45, 2.75) is 33.6 Å². The van der Waals surface area contributed by atoms with Crippen LogP contribution in [0, 0.1) is 16.7 Å². The van der Waals surface area contributed by atoms with Crippen molar-refractivity contribution in [2.24, 2.45) is 16.7 Å². The zero-order valence-corrected chi connectivity index (χ0v) is 20.7. The zero-order valence-electron chi connectivity index (χ0n) is 20.7. The van der Waals surface area contributed by atoms with Crippen molar-refractivity contribution in [1.29, 1.82) is 0 Å². The third-order valence-corrected chi connectivity index (χ3v) is 6.72. The fraction of sp³-hybridized carbons (Fsp3) is 0.600. The minimum atomic E-state index is -0.888. The summed E-state index contributed by atoms with van der Waals surface area (Å²) in [7, 11) is 1.50. The van der Waals surface area contributed by atoms with Gasteiger partial charge in [0.15, 0.2) is 0 Å². The molecule has 10 heteroatoms. The summed E-state index contributed by atoms with van der Waals surface area (Å²) in [6.45, 7) is 5.18. The number of hydrogen-bond acceptors (Lipinski definition) is 10. The third kappa shape index (κ3) is 6.79. The molecular formula is C25H34O10. The quantitative estimate of drug-likeness (QED) is 0.262. The van der Waals surface area contributed by atoms with Gasteiger partial charge in [0.25, 0.3) is 0 Å². The summed E-state index contributed by atoms with van der Waals surface area (Å²) in [5, 5.41) is 8.91. The Bertz CT molecular complexity index is 892. The van der Waals surface area contributed by atoms with Crippen LogP contribution in [0.15, 0.2) is 24.3 Å². The molecule has 1 aromatic carbocycles. The van der Waals surface area contributed by atoms with Crippen molar-refractivity contribution in [1.82, 2.24) is 0 Å². The maximum atomic E-state index is 12.7. The van der Waals surface area contributed by atoms with E-state index in [9.17, 15) is 19.2 Å². The second-order valence-corrected chi connectivity index (χ2v) is 9.01. The summed E-state index contributed by atoms with van der Waals surface area (Å²) >= 11 is 0. The van der Waals surface area contributed by atoms with E-state index in [0.717, 1.165) is 0 Å². The molecular weight excluding hydrogens is 460 g/mol. The van der Waals surface area contributed by atoms with Gasteiger partial charge >= 0.3 is 23.9 Å². The minimum absolute atomic E-state index is 0.0911. The van der Waals surface area contributed by atoms with E-state index in [1.807, 2.05) is 13.8 Å². The van der Waals surface area contributed by atoms with E-state index in [1.165, 1.54) is 31.4 Å². The van der Waals surface area contributed by atoms with E-state index in [-0.39, 0.29) is 50.8 Å². The molecule has 1 saturated carbocycles. The van der Waals surface area contributed by atoms with Crippen LogP contribution in [-0.4, -0.2) is 75.7 Å². The first-order valence-corrected chi connectivity index (χ1v) is 11.5. The minimum Gasteiger partial charge on any atom is -0.463 e. The molecule has 0 radical (unpaired) electrons. The lowest BCUT2D eigenvalue weighted by atomic mass is 9.65. The monoisotopic (exact) mass is 494 g/mol. The fourth-order valence-corrected chi connectivity index (χ4v) is 4.08. The molecule has 0 saturated heterocycles. The predicted molar refractivity (Wildman–Crippen MR) is 122 cm³/mol. The molecule has 1 aliphatic carbocycles. The van der Waals surface area contributed by atoms with Crippen molar-refractivity contribution < 1.29 is 48.0 Å². The molecule has 2 atom stereocenters. The molecule has 0 bridgehead atoms. The van der Waals surface area contributed by atoms with E-state index >= 15 is 0 Å². The van der Waals surface area contributed by atoms with Crippen LogP contribution in [0.1, 0.15) is 54.3 Å². The number of methoxy groups -OCH3 is 1. The Morgan fingerprint density at radius 3 is 1.86 bits per heavy atom. The van der Waals surface area contributed by atoms with Gasteiger partial charge < -0.3 is 28.8 Å². The first-order chi connectivity index (χ1) is 16.6. The SMILES string of the molecule is COCCOC(=O)c1ccc(C(=O)OCCOC(=O)[C@H]2CC[C@@](C)(C(=O)OCCO)C2(C)C)cc1. The Kier molecular flexibility index (Phi) is 10.2. The molecule has 0 spiro atoms. The van der Waals surface area contributed by atoms with Gasteiger partial charge in [0, 0.05) is 7.11 Å². The highest BCUT2D eigenvalue weighted by Crippen LogP contribution is 2.56. The maximum Gasteiger partial charge on any atom is 0.338 e. The summed E-state index contributed by atoms with van der Waals surface area (Å²) in [5.74, 6) is -2.60. The Morgan fingerprint density at radius 2 is 1.34 bits per heavy atom. The van der Waals surface area contributed by atoms with Crippen molar-refractivity contribution in [3.8, 4) is 0 Å². The maximum absolute atomic E-state index is 12.7. The Labute approximate surface area is 204 Å². The predicted octanol–water partition coefficient (Wildman–Crippen LogP) is 2.17. The standard InChI is InChI=1S/C25H34O10/c1-24(2)19(9-10-25(24,3)23(30)35-12-11-26)22(29)34-16-15-33-21(28)18-7-5-17(6-8-18)20(27)32-14-13-31-4/h5-8,19,26H,9-16H2,1-4H3/t19-,25+/m1/s1. The first-order valence-electron chi connectivity index (χ1n) is 11.5. The number of esters is 4. The van der Waals surface area contributed by atoms with Gasteiger partial charge in [0.1, 0.15) is 26.4 Å². The normalized spacial score (nSPS) is 20.7. The van der Waals surface area contributed by atoms with Gasteiger partial charge in [-0.1, -0.05) is 13.8 Å². The van der Waals surface area contributed by atoms with Gasteiger partial charge in [0.2, 0.25) is 0 Å². The lowest BCUT2D eigenvalue weighted by molar-refractivity contribution is -0.166. The molecule has 0 unspecified atom stereocenters. The summed E-state index contributed by atoms with van der Waals surface area (Å²) < 4.78 is 25.4. The third-order valence-electron chi connectivity index (χ3n) is 6.72. The number of aliphatic hydroxyl groups excluding tert-OH is 1. The van der Waals surface area contributed by atoms with E-state index in [1.54, 1.807) is 6.92 Å². The topological polar surface area (TPSA) is 135 Å².